The second-order valence-corrected chi connectivity index (χ2v) is 5.41. The van der Waals surface area contributed by atoms with Crippen LogP contribution >= 0.6 is 11.8 Å². The van der Waals surface area contributed by atoms with Crippen LogP contribution in [0.25, 0.3) is 0 Å². The predicted molar refractivity (Wildman–Crippen MR) is 69.5 cm³/mol. The van der Waals surface area contributed by atoms with Crippen molar-refractivity contribution >= 4 is 23.6 Å². The lowest BCUT2D eigenvalue weighted by Crippen LogP contribution is -2.52. The van der Waals surface area contributed by atoms with Crippen LogP contribution < -0.4 is 10.6 Å². The number of hydrogen-bond acceptors (Lipinski definition) is 5. The van der Waals surface area contributed by atoms with Crippen molar-refractivity contribution in [1.82, 2.24) is 15.5 Å². The number of carbonyl (C=O) groups is 2. The Morgan fingerprint density at radius 1 is 1.50 bits per heavy atom. The van der Waals surface area contributed by atoms with Crippen LogP contribution in [0.2, 0.25) is 0 Å². The Labute approximate surface area is 111 Å². The van der Waals surface area contributed by atoms with E-state index in [1.807, 2.05) is 0 Å². The number of ether oxygens (including phenoxy) is 1. The molecule has 2 amide bonds. The van der Waals surface area contributed by atoms with Gasteiger partial charge >= 0.3 is 0 Å². The van der Waals surface area contributed by atoms with Crippen LogP contribution in [0, 0.1) is 0 Å². The van der Waals surface area contributed by atoms with Crippen molar-refractivity contribution in [2.45, 2.75) is 6.04 Å². The maximum absolute atomic E-state index is 11.8. The molecule has 2 aliphatic heterocycles. The van der Waals surface area contributed by atoms with Crippen molar-refractivity contribution in [1.29, 1.82) is 0 Å². The van der Waals surface area contributed by atoms with Crippen LogP contribution in [0.4, 0.5) is 0 Å². The molecule has 2 aliphatic rings. The topological polar surface area (TPSA) is 70.7 Å². The number of carbonyl (C=O) groups excluding carboxylic acids is 2. The summed E-state index contributed by atoms with van der Waals surface area (Å²) in [6.45, 7) is 4.84. The summed E-state index contributed by atoms with van der Waals surface area (Å²) in [5.74, 6) is 0.982. The lowest BCUT2D eigenvalue weighted by molar-refractivity contribution is -0.127. The van der Waals surface area contributed by atoms with E-state index in [1.165, 1.54) is 11.8 Å². The van der Waals surface area contributed by atoms with Gasteiger partial charge in [-0.1, -0.05) is 0 Å². The van der Waals surface area contributed by atoms with E-state index in [1.54, 1.807) is 0 Å². The minimum absolute atomic E-state index is 0.0559. The van der Waals surface area contributed by atoms with E-state index in [0.717, 1.165) is 32.8 Å². The quantitative estimate of drug-likeness (QED) is 0.664. The molecule has 0 aromatic heterocycles. The van der Waals surface area contributed by atoms with Crippen LogP contribution in [0.5, 0.6) is 0 Å². The Kier molecular flexibility index (Phi) is 5.27. The molecule has 0 saturated carbocycles. The Morgan fingerprint density at radius 2 is 2.28 bits per heavy atom. The van der Waals surface area contributed by atoms with Gasteiger partial charge in [-0.2, -0.15) is 0 Å². The Balaban J connectivity index is 1.63. The van der Waals surface area contributed by atoms with Gasteiger partial charge in [0.05, 0.1) is 19.0 Å². The normalized spacial score (nSPS) is 25.6. The number of amides is 2. The molecular weight excluding hydrogens is 254 g/mol. The van der Waals surface area contributed by atoms with Crippen molar-refractivity contribution in [3.8, 4) is 0 Å². The van der Waals surface area contributed by atoms with Crippen molar-refractivity contribution < 1.29 is 14.3 Å². The molecule has 2 N–H and O–H groups in total. The van der Waals surface area contributed by atoms with Gasteiger partial charge in [0, 0.05) is 31.9 Å². The molecule has 18 heavy (non-hydrogen) atoms. The number of morpholine rings is 1. The Morgan fingerprint density at radius 3 is 3.00 bits per heavy atom. The van der Waals surface area contributed by atoms with Gasteiger partial charge in [-0.15, -0.1) is 11.8 Å². The van der Waals surface area contributed by atoms with E-state index >= 15 is 0 Å². The predicted octanol–water partition coefficient (Wildman–Crippen LogP) is -1.33. The molecule has 1 atom stereocenters. The molecule has 1 unspecified atom stereocenters. The summed E-state index contributed by atoms with van der Waals surface area (Å²) in [7, 11) is 0. The third-order valence-corrected chi connectivity index (χ3v) is 4.04. The van der Waals surface area contributed by atoms with E-state index in [9.17, 15) is 9.59 Å². The van der Waals surface area contributed by atoms with Crippen LogP contribution in [-0.2, 0) is 14.3 Å². The van der Waals surface area contributed by atoms with Gasteiger partial charge in [-0.05, 0) is 0 Å². The lowest BCUT2D eigenvalue weighted by Gasteiger charge is -2.27. The lowest BCUT2D eigenvalue weighted by atomic mass is 10.3. The SMILES string of the molecule is O=C1CSCC(C(=O)NCCN2CCOCC2)N1. The minimum atomic E-state index is -0.374. The minimum Gasteiger partial charge on any atom is -0.379 e. The number of hydrogen-bond donors (Lipinski definition) is 2. The number of thioether (sulfide) groups is 1. The summed E-state index contributed by atoms with van der Waals surface area (Å²) in [5, 5.41) is 5.57. The molecule has 0 radical (unpaired) electrons. The van der Waals surface area contributed by atoms with Crippen LogP contribution in [-0.4, -0.2) is 73.7 Å². The molecule has 2 heterocycles. The molecule has 0 aliphatic carbocycles. The fourth-order valence-corrected chi connectivity index (χ4v) is 2.83. The van der Waals surface area contributed by atoms with Gasteiger partial charge in [-0.25, -0.2) is 0 Å². The van der Waals surface area contributed by atoms with Gasteiger partial charge in [0.2, 0.25) is 11.8 Å². The van der Waals surface area contributed by atoms with E-state index in [4.69, 9.17) is 4.74 Å². The summed E-state index contributed by atoms with van der Waals surface area (Å²) < 4.78 is 5.25. The second-order valence-electron chi connectivity index (χ2n) is 4.38. The molecule has 0 aromatic rings. The smallest absolute Gasteiger partial charge is 0.243 e. The number of rotatable bonds is 4. The summed E-state index contributed by atoms with van der Waals surface area (Å²) in [4.78, 5) is 25.2. The maximum Gasteiger partial charge on any atom is 0.243 e. The van der Waals surface area contributed by atoms with Crippen molar-refractivity contribution in [2.24, 2.45) is 0 Å². The highest BCUT2D eigenvalue weighted by Crippen LogP contribution is 2.08. The molecule has 2 saturated heterocycles. The molecule has 2 fully saturated rings. The van der Waals surface area contributed by atoms with Gasteiger partial charge in [0.25, 0.3) is 0 Å². The first kappa shape index (κ1) is 13.6. The van der Waals surface area contributed by atoms with E-state index < -0.39 is 0 Å². The van der Waals surface area contributed by atoms with Gasteiger partial charge < -0.3 is 15.4 Å². The summed E-state index contributed by atoms with van der Waals surface area (Å²) in [5.41, 5.74) is 0. The summed E-state index contributed by atoms with van der Waals surface area (Å²) in [6, 6.07) is -0.374. The monoisotopic (exact) mass is 273 g/mol. The standard InChI is InChI=1S/C11H19N3O3S/c15-10-8-18-7-9(13-10)11(16)12-1-2-14-3-5-17-6-4-14/h9H,1-8H2,(H,12,16)(H,13,15). The van der Waals surface area contributed by atoms with Gasteiger partial charge in [0.15, 0.2) is 0 Å². The van der Waals surface area contributed by atoms with Gasteiger partial charge in [-0.3, -0.25) is 14.5 Å². The molecule has 2 rings (SSSR count). The average Bonchev–Trinajstić information content (AvgIpc) is 2.40. The van der Waals surface area contributed by atoms with E-state index in [-0.39, 0.29) is 17.9 Å². The highest BCUT2D eigenvalue weighted by atomic mass is 32.2. The third kappa shape index (κ3) is 4.15. The summed E-state index contributed by atoms with van der Waals surface area (Å²) in [6.07, 6.45) is 0. The third-order valence-electron chi connectivity index (χ3n) is 3.00. The highest BCUT2D eigenvalue weighted by molar-refractivity contribution is 8.00. The maximum atomic E-state index is 11.8. The van der Waals surface area contributed by atoms with E-state index in [2.05, 4.69) is 15.5 Å². The molecule has 7 heteroatoms. The van der Waals surface area contributed by atoms with E-state index in [0.29, 0.717) is 18.1 Å². The fourth-order valence-electron chi connectivity index (χ4n) is 1.97. The fraction of sp³-hybridized carbons (Fsp3) is 0.818. The van der Waals surface area contributed by atoms with Crippen LogP contribution in [0.1, 0.15) is 0 Å². The summed E-state index contributed by atoms with van der Waals surface area (Å²) >= 11 is 1.50. The first-order valence-electron chi connectivity index (χ1n) is 6.20. The Bertz CT molecular complexity index is 308. The molecular formula is C11H19N3O3S. The van der Waals surface area contributed by atoms with Crippen LogP contribution in [0.3, 0.4) is 0 Å². The van der Waals surface area contributed by atoms with Crippen molar-refractivity contribution in [2.75, 3.05) is 50.9 Å². The first-order chi connectivity index (χ1) is 8.75. The highest BCUT2D eigenvalue weighted by Gasteiger charge is 2.24. The first-order valence-corrected chi connectivity index (χ1v) is 7.36. The Hall–Kier alpha value is -0.790. The van der Waals surface area contributed by atoms with Crippen LogP contribution in [0.15, 0.2) is 0 Å². The molecule has 0 aromatic carbocycles. The number of nitrogens with one attached hydrogen (secondary N) is 2. The molecule has 0 spiro atoms. The van der Waals surface area contributed by atoms with Crippen molar-refractivity contribution in [3.63, 3.8) is 0 Å². The zero-order chi connectivity index (χ0) is 12.8. The molecule has 0 bridgehead atoms. The van der Waals surface area contributed by atoms with Crippen molar-refractivity contribution in [3.05, 3.63) is 0 Å². The number of nitrogens with zero attached hydrogens (tertiary/aromatic N) is 1. The second kappa shape index (κ2) is 6.96. The van der Waals surface area contributed by atoms with Gasteiger partial charge in [0.1, 0.15) is 6.04 Å². The zero-order valence-corrected chi connectivity index (χ0v) is 11.1. The average molecular weight is 273 g/mol. The molecule has 6 nitrogen and oxygen atoms in total. The zero-order valence-electron chi connectivity index (χ0n) is 10.3. The molecule has 102 valence electrons. The largest absolute Gasteiger partial charge is 0.379 e.